The van der Waals surface area contributed by atoms with Crippen molar-refractivity contribution in [3.63, 3.8) is 0 Å². The minimum Gasteiger partial charge on any atom is -0.208 e. The molecule has 0 saturated carbocycles. The third-order valence-electron chi connectivity index (χ3n) is 13.3. The highest BCUT2D eigenvalue weighted by molar-refractivity contribution is 7.20. The van der Waals surface area contributed by atoms with Crippen molar-refractivity contribution in [3.05, 3.63) is 238 Å². The molecule has 10 aromatic rings. The van der Waals surface area contributed by atoms with Gasteiger partial charge in [0.05, 0.1) is 5.41 Å². The molecule has 0 radical (unpaired) electrons. The second-order valence-corrected chi connectivity index (χ2v) is 17.6. The van der Waals surface area contributed by atoms with Crippen LogP contribution in [0, 0.1) is 0 Å². The summed E-state index contributed by atoms with van der Waals surface area (Å²) in [5.41, 5.74) is 19.2. The highest BCUT2D eigenvalue weighted by Crippen LogP contribution is 2.63. The SMILES string of the molecule is C1=C(c2ccc(-c3ccc(-c4nc(-c5ccccc5)nc(-c5ccc6c(c5)C5(c7ccccc7-c7ccccc75)c5ccccc5-6)n4)cc3)cc2)c2sc3ccccc3c2CC1. The number of fused-ring (bicyclic) bond motifs is 13. The standard InChI is InChI=1S/C58H37N3S/c1-2-13-39(14-3-1)55-59-56(40-31-27-37(28-32-40)36-25-29-38(30-26-36)42-19-12-20-48-47-18-7-11-24-53(47)62-54(42)48)61-57(60-55)41-33-34-46-45-17-6-10-23-51(45)58(52(46)35-41)49-21-8-4-15-43(49)44-16-5-9-22-50(44)58/h1-11,13-19,21-35H,12,20H2. The first kappa shape index (κ1) is 35.2. The Morgan fingerprint density at radius 1 is 0.387 bits per heavy atom. The lowest BCUT2D eigenvalue weighted by Crippen LogP contribution is -2.25. The topological polar surface area (TPSA) is 38.7 Å². The Morgan fingerprint density at radius 2 is 0.855 bits per heavy atom. The molecule has 2 aromatic heterocycles. The predicted molar refractivity (Wildman–Crippen MR) is 255 cm³/mol. The summed E-state index contributed by atoms with van der Waals surface area (Å²) in [6.45, 7) is 0. The number of aromatic nitrogens is 3. The molecule has 290 valence electrons. The maximum absolute atomic E-state index is 5.25. The van der Waals surface area contributed by atoms with Gasteiger partial charge in [-0.05, 0) is 103 Å². The second-order valence-electron chi connectivity index (χ2n) is 16.5. The number of benzene rings is 8. The van der Waals surface area contributed by atoms with Crippen molar-refractivity contribution in [2.45, 2.75) is 18.3 Å². The molecule has 8 aromatic carbocycles. The quantitative estimate of drug-likeness (QED) is 0.174. The van der Waals surface area contributed by atoms with Crippen LogP contribution in [0.3, 0.4) is 0 Å². The zero-order valence-electron chi connectivity index (χ0n) is 33.7. The minimum absolute atomic E-state index is 0.448. The Kier molecular flexibility index (Phi) is 7.82. The van der Waals surface area contributed by atoms with E-state index in [2.05, 4.69) is 182 Å². The summed E-state index contributed by atoms with van der Waals surface area (Å²) in [6, 6.07) is 70.4. The predicted octanol–water partition coefficient (Wildman–Crippen LogP) is 14.5. The molecule has 4 heteroatoms. The average Bonchev–Trinajstić information content (AvgIpc) is 3.98. The summed E-state index contributed by atoms with van der Waals surface area (Å²) in [6.07, 6.45) is 4.60. The van der Waals surface area contributed by atoms with Crippen LogP contribution in [0.1, 0.15) is 44.7 Å². The molecule has 0 unspecified atom stereocenters. The maximum Gasteiger partial charge on any atom is 0.164 e. The van der Waals surface area contributed by atoms with Crippen LogP contribution in [-0.4, -0.2) is 15.0 Å². The Morgan fingerprint density at radius 3 is 1.48 bits per heavy atom. The van der Waals surface area contributed by atoms with Crippen LogP contribution in [0.5, 0.6) is 0 Å². The van der Waals surface area contributed by atoms with Gasteiger partial charge in [0.2, 0.25) is 0 Å². The number of hydrogen-bond acceptors (Lipinski definition) is 4. The average molecular weight is 808 g/mol. The Balaban J connectivity index is 0.891. The molecule has 2 heterocycles. The second kappa shape index (κ2) is 13.8. The molecule has 1 spiro atoms. The molecule has 0 aliphatic heterocycles. The highest BCUT2D eigenvalue weighted by Gasteiger charge is 2.51. The van der Waals surface area contributed by atoms with Crippen LogP contribution in [0.4, 0.5) is 0 Å². The molecule has 13 rings (SSSR count). The van der Waals surface area contributed by atoms with E-state index in [0.717, 1.165) is 35.1 Å². The first-order valence-corrected chi connectivity index (χ1v) is 22.2. The van der Waals surface area contributed by atoms with Crippen molar-refractivity contribution in [2.75, 3.05) is 0 Å². The maximum atomic E-state index is 5.25. The van der Waals surface area contributed by atoms with Crippen LogP contribution in [0.25, 0.3) is 83.2 Å². The van der Waals surface area contributed by atoms with Crippen LogP contribution in [-0.2, 0) is 11.8 Å². The van der Waals surface area contributed by atoms with Gasteiger partial charge in [0.15, 0.2) is 17.5 Å². The van der Waals surface area contributed by atoms with Crippen molar-refractivity contribution in [1.82, 2.24) is 15.0 Å². The van der Waals surface area contributed by atoms with Crippen molar-refractivity contribution < 1.29 is 0 Å². The molecule has 0 bridgehead atoms. The van der Waals surface area contributed by atoms with E-state index in [1.165, 1.54) is 81.7 Å². The molecule has 3 nitrogen and oxygen atoms in total. The normalized spacial score (nSPS) is 13.9. The van der Waals surface area contributed by atoms with E-state index < -0.39 is 5.41 Å². The van der Waals surface area contributed by atoms with Crippen molar-refractivity contribution in [1.29, 1.82) is 0 Å². The largest absolute Gasteiger partial charge is 0.208 e. The van der Waals surface area contributed by atoms with Crippen LogP contribution in [0.15, 0.2) is 200 Å². The van der Waals surface area contributed by atoms with E-state index in [-0.39, 0.29) is 0 Å². The highest BCUT2D eigenvalue weighted by atomic mass is 32.1. The monoisotopic (exact) mass is 807 g/mol. The number of hydrogen-bond donors (Lipinski definition) is 0. The lowest BCUT2D eigenvalue weighted by atomic mass is 9.70. The van der Waals surface area contributed by atoms with Crippen LogP contribution in [0.2, 0.25) is 0 Å². The molecule has 0 atom stereocenters. The number of thiophene rings is 1. The summed E-state index contributed by atoms with van der Waals surface area (Å²) in [5.74, 6) is 1.95. The zero-order valence-corrected chi connectivity index (χ0v) is 34.5. The fourth-order valence-corrected chi connectivity index (χ4v) is 11.8. The van der Waals surface area contributed by atoms with E-state index in [1.54, 1.807) is 0 Å². The number of allylic oxidation sites excluding steroid dienone is 1. The molecule has 0 fully saturated rings. The van der Waals surface area contributed by atoms with Crippen molar-refractivity contribution >= 4 is 27.0 Å². The van der Waals surface area contributed by atoms with Gasteiger partial charge in [-0.3, -0.25) is 0 Å². The minimum atomic E-state index is -0.448. The van der Waals surface area contributed by atoms with Crippen LogP contribution >= 0.6 is 11.3 Å². The van der Waals surface area contributed by atoms with Gasteiger partial charge in [-0.25, -0.2) is 15.0 Å². The molecule has 3 aliphatic rings. The molecular formula is C58H37N3S. The smallest absolute Gasteiger partial charge is 0.164 e. The van der Waals surface area contributed by atoms with Gasteiger partial charge in [-0.1, -0.05) is 188 Å². The van der Waals surface area contributed by atoms with Gasteiger partial charge < -0.3 is 0 Å². The molecule has 0 amide bonds. The lowest BCUT2D eigenvalue weighted by Gasteiger charge is -2.30. The fourth-order valence-electron chi connectivity index (χ4n) is 10.5. The van der Waals surface area contributed by atoms with Gasteiger partial charge in [-0.2, -0.15) is 0 Å². The van der Waals surface area contributed by atoms with Gasteiger partial charge in [-0.15, -0.1) is 11.3 Å². The van der Waals surface area contributed by atoms with Gasteiger partial charge in [0.1, 0.15) is 0 Å². The van der Waals surface area contributed by atoms with E-state index in [1.807, 2.05) is 29.5 Å². The first-order chi connectivity index (χ1) is 30.7. The van der Waals surface area contributed by atoms with Gasteiger partial charge in [0, 0.05) is 26.3 Å². The molecule has 3 aliphatic carbocycles. The Bertz CT molecular complexity index is 3390. The summed E-state index contributed by atoms with van der Waals surface area (Å²) >= 11 is 1.92. The molecular weight excluding hydrogens is 771 g/mol. The summed E-state index contributed by atoms with van der Waals surface area (Å²) in [4.78, 5) is 17.0. The molecule has 0 N–H and O–H groups in total. The van der Waals surface area contributed by atoms with Crippen molar-refractivity contribution in [3.8, 4) is 67.5 Å². The van der Waals surface area contributed by atoms with Crippen LogP contribution < -0.4 is 0 Å². The van der Waals surface area contributed by atoms with E-state index >= 15 is 0 Å². The molecule has 0 saturated heterocycles. The number of rotatable bonds is 5. The summed E-state index contributed by atoms with van der Waals surface area (Å²) < 4.78 is 1.37. The summed E-state index contributed by atoms with van der Waals surface area (Å²) in [5, 5.41) is 1.41. The van der Waals surface area contributed by atoms with Gasteiger partial charge in [0.25, 0.3) is 0 Å². The zero-order chi connectivity index (χ0) is 40.8. The Hall–Kier alpha value is -7.53. The number of nitrogens with zero attached hydrogens (tertiary/aromatic N) is 3. The molecule has 62 heavy (non-hydrogen) atoms. The van der Waals surface area contributed by atoms with E-state index in [0.29, 0.717) is 17.5 Å². The fraction of sp³-hybridized carbons (Fsp3) is 0.0517. The third-order valence-corrected chi connectivity index (χ3v) is 14.5. The summed E-state index contributed by atoms with van der Waals surface area (Å²) in [7, 11) is 0. The third kappa shape index (κ3) is 5.20. The van der Waals surface area contributed by atoms with E-state index in [9.17, 15) is 0 Å². The van der Waals surface area contributed by atoms with Crippen molar-refractivity contribution in [2.24, 2.45) is 0 Å². The number of aryl methyl sites for hydroxylation is 1. The van der Waals surface area contributed by atoms with Gasteiger partial charge >= 0.3 is 0 Å². The lowest BCUT2D eigenvalue weighted by molar-refractivity contribution is 0.794. The van der Waals surface area contributed by atoms with E-state index in [4.69, 9.17) is 15.0 Å². The first-order valence-electron chi connectivity index (χ1n) is 21.4. The Labute approximate surface area is 364 Å².